The summed E-state index contributed by atoms with van der Waals surface area (Å²) in [5, 5.41) is 10.6. The number of esters is 4. The Kier molecular flexibility index (Phi) is 71.6. The van der Waals surface area contributed by atoms with E-state index in [0.717, 1.165) is 102 Å². The van der Waals surface area contributed by atoms with Gasteiger partial charge in [-0.1, -0.05) is 375 Å². The first-order valence-electron chi connectivity index (χ1n) is 41.6. The smallest absolute Gasteiger partial charge is 0.462 e. The highest BCUT2D eigenvalue weighted by Crippen LogP contribution is 2.45. The Morgan fingerprint density at radius 2 is 0.465 bits per heavy atom. The lowest BCUT2D eigenvalue weighted by Gasteiger charge is -2.21. The number of rotatable bonds is 80. The van der Waals surface area contributed by atoms with Gasteiger partial charge < -0.3 is 33.8 Å². The van der Waals surface area contributed by atoms with Gasteiger partial charge in [-0.15, -0.1) is 0 Å². The zero-order valence-corrected chi connectivity index (χ0v) is 66.4. The summed E-state index contributed by atoms with van der Waals surface area (Å²) in [6.45, 7) is 7.28. The predicted molar refractivity (Wildman–Crippen MR) is 405 cm³/mol. The van der Waals surface area contributed by atoms with Crippen molar-refractivity contribution in [3.8, 4) is 0 Å². The van der Waals surface area contributed by atoms with Gasteiger partial charge in [-0.2, -0.15) is 0 Å². The van der Waals surface area contributed by atoms with Gasteiger partial charge in [-0.05, 0) is 31.6 Å². The molecule has 0 saturated carbocycles. The Hall–Kier alpha value is -1.94. The summed E-state index contributed by atoms with van der Waals surface area (Å²) in [6.07, 6.45) is 64.0. The molecule has 0 aliphatic rings. The first kappa shape index (κ1) is 97.1. The molecule has 588 valence electrons. The number of carbonyl (C=O) groups excluding carboxylic acids is 4. The number of hydrogen-bond donors (Lipinski definition) is 3. The molecule has 0 bridgehead atoms. The van der Waals surface area contributed by atoms with E-state index in [1.807, 2.05) is 0 Å². The largest absolute Gasteiger partial charge is 0.472 e. The van der Waals surface area contributed by atoms with Crippen molar-refractivity contribution in [1.29, 1.82) is 0 Å². The first-order valence-corrected chi connectivity index (χ1v) is 44.6. The van der Waals surface area contributed by atoms with Gasteiger partial charge in [0.05, 0.1) is 26.4 Å². The molecule has 17 nitrogen and oxygen atoms in total. The molecule has 0 aromatic heterocycles. The average Bonchev–Trinajstić information content (AvgIpc) is 1.02. The minimum absolute atomic E-state index is 0.106. The molecular formula is C80H156O17P2. The van der Waals surface area contributed by atoms with Crippen molar-refractivity contribution in [2.45, 2.75) is 445 Å². The minimum Gasteiger partial charge on any atom is -0.462 e. The van der Waals surface area contributed by atoms with E-state index in [4.69, 9.17) is 37.0 Å². The van der Waals surface area contributed by atoms with Crippen molar-refractivity contribution in [3.63, 3.8) is 0 Å². The van der Waals surface area contributed by atoms with Gasteiger partial charge >= 0.3 is 39.5 Å². The molecule has 2 unspecified atom stereocenters. The molecule has 0 aliphatic heterocycles. The summed E-state index contributed by atoms with van der Waals surface area (Å²) in [5.74, 6) is -1.36. The predicted octanol–water partition coefficient (Wildman–Crippen LogP) is 24.0. The molecule has 0 amide bonds. The standard InChI is InChI=1S/C80H156O17P2/c1-6-9-12-15-18-21-23-25-27-29-30-31-32-34-36-38-40-45-50-55-60-65-79(84)97-76(70-91-78(83)64-59-54-49-44-39-37-35-33-28-26-24-22-19-16-13-10-7-2)72-95-99(88,89)93-68-74(81)67-92-98(86,87)94-71-75(69-90-77(82)63-58-53-48-20-17-14-11-8-3)96-80(85)66-61-56-51-46-42-41-43-47-52-57-62-73(4)5/h73-76,81H,6-72H2,1-5H3,(H,86,87)(H,88,89)/t74-,75+,76+/m0/s1. The van der Waals surface area contributed by atoms with Crippen LogP contribution in [-0.2, 0) is 65.4 Å². The lowest BCUT2D eigenvalue weighted by atomic mass is 10.0. The molecule has 0 aliphatic carbocycles. The Balaban J connectivity index is 5.18. The van der Waals surface area contributed by atoms with Crippen molar-refractivity contribution in [1.82, 2.24) is 0 Å². The van der Waals surface area contributed by atoms with Crippen LogP contribution in [0.5, 0.6) is 0 Å². The van der Waals surface area contributed by atoms with Crippen LogP contribution in [0.15, 0.2) is 0 Å². The molecule has 3 N–H and O–H groups in total. The molecule has 0 radical (unpaired) electrons. The summed E-state index contributed by atoms with van der Waals surface area (Å²) in [4.78, 5) is 72.9. The molecule has 99 heavy (non-hydrogen) atoms. The number of carbonyl (C=O) groups is 4. The van der Waals surface area contributed by atoms with Crippen LogP contribution < -0.4 is 0 Å². The molecule has 5 atom stereocenters. The monoisotopic (exact) mass is 1450 g/mol. The van der Waals surface area contributed by atoms with E-state index in [-0.39, 0.29) is 25.7 Å². The molecular weight excluding hydrogens is 1290 g/mol. The van der Waals surface area contributed by atoms with Crippen LogP contribution >= 0.6 is 15.6 Å². The molecule has 0 saturated heterocycles. The summed E-state index contributed by atoms with van der Waals surface area (Å²) in [6, 6.07) is 0. The zero-order chi connectivity index (χ0) is 72.7. The van der Waals surface area contributed by atoms with E-state index in [2.05, 4.69) is 34.6 Å². The van der Waals surface area contributed by atoms with Crippen LogP contribution in [0.1, 0.15) is 426 Å². The molecule has 0 aromatic rings. The maximum atomic E-state index is 13.1. The summed E-state index contributed by atoms with van der Waals surface area (Å²) in [5.41, 5.74) is 0. The van der Waals surface area contributed by atoms with Crippen LogP contribution in [-0.4, -0.2) is 96.7 Å². The number of hydrogen-bond acceptors (Lipinski definition) is 15. The second-order valence-electron chi connectivity index (χ2n) is 29.3. The van der Waals surface area contributed by atoms with Crippen LogP contribution in [0.3, 0.4) is 0 Å². The number of ether oxygens (including phenoxy) is 4. The zero-order valence-electron chi connectivity index (χ0n) is 64.6. The van der Waals surface area contributed by atoms with E-state index in [1.54, 1.807) is 0 Å². The van der Waals surface area contributed by atoms with E-state index in [1.165, 1.54) is 244 Å². The summed E-state index contributed by atoms with van der Waals surface area (Å²) in [7, 11) is -9.91. The SMILES string of the molecule is CCCCCCCCCCCCCCCCCCCCCCCC(=O)O[C@H](COC(=O)CCCCCCCCCCCCCCCCCCC)COP(=O)(O)OC[C@@H](O)COP(=O)(O)OC[C@@H](COC(=O)CCCCCCCCCC)OC(=O)CCCCCCCCCCCCC(C)C. The van der Waals surface area contributed by atoms with Crippen LogP contribution in [0.25, 0.3) is 0 Å². The fourth-order valence-corrected chi connectivity index (χ4v) is 14.0. The molecule has 0 spiro atoms. The Bertz CT molecular complexity index is 1890. The molecule has 0 rings (SSSR count). The van der Waals surface area contributed by atoms with Gasteiger partial charge in [0.2, 0.25) is 0 Å². The van der Waals surface area contributed by atoms with Crippen molar-refractivity contribution in [3.05, 3.63) is 0 Å². The topological polar surface area (TPSA) is 237 Å². The van der Waals surface area contributed by atoms with Gasteiger partial charge in [-0.25, -0.2) is 9.13 Å². The molecule has 19 heteroatoms. The summed E-state index contributed by atoms with van der Waals surface area (Å²) < 4.78 is 68.6. The Morgan fingerprint density at radius 3 is 0.687 bits per heavy atom. The normalized spacial score (nSPS) is 13.9. The highest BCUT2D eigenvalue weighted by atomic mass is 31.2. The second kappa shape index (κ2) is 73.0. The molecule has 0 fully saturated rings. The van der Waals surface area contributed by atoms with Gasteiger partial charge in [0, 0.05) is 25.7 Å². The maximum absolute atomic E-state index is 13.1. The third-order valence-electron chi connectivity index (χ3n) is 18.8. The van der Waals surface area contributed by atoms with Crippen molar-refractivity contribution >= 4 is 39.5 Å². The van der Waals surface area contributed by atoms with Gasteiger partial charge in [0.25, 0.3) is 0 Å². The number of aliphatic hydroxyl groups is 1. The minimum atomic E-state index is -4.96. The average molecular weight is 1450 g/mol. The van der Waals surface area contributed by atoms with Crippen molar-refractivity contribution in [2.24, 2.45) is 5.92 Å². The second-order valence-corrected chi connectivity index (χ2v) is 32.2. The van der Waals surface area contributed by atoms with Crippen molar-refractivity contribution < 1.29 is 80.2 Å². The Labute approximate surface area is 607 Å². The van der Waals surface area contributed by atoms with Gasteiger partial charge in [-0.3, -0.25) is 37.3 Å². The fraction of sp³-hybridized carbons (Fsp3) is 0.950. The number of aliphatic hydroxyl groups excluding tert-OH is 1. The number of unbranched alkanes of at least 4 members (excludes halogenated alkanes) is 52. The van der Waals surface area contributed by atoms with Crippen LogP contribution in [0.2, 0.25) is 0 Å². The quantitative estimate of drug-likeness (QED) is 0.0222. The fourth-order valence-electron chi connectivity index (χ4n) is 12.4. The van der Waals surface area contributed by atoms with E-state index in [0.29, 0.717) is 25.7 Å². The van der Waals surface area contributed by atoms with Gasteiger partial charge in [0.15, 0.2) is 12.2 Å². The van der Waals surface area contributed by atoms with Crippen LogP contribution in [0, 0.1) is 5.92 Å². The highest BCUT2D eigenvalue weighted by molar-refractivity contribution is 7.47. The summed E-state index contributed by atoms with van der Waals surface area (Å²) >= 11 is 0. The maximum Gasteiger partial charge on any atom is 0.472 e. The molecule has 0 aromatic carbocycles. The van der Waals surface area contributed by atoms with E-state index >= 15 is 0 Å². The molecule has 0 heterocycles. The first-order chi connectivity index (χ1) is 48.0. The lowest BCUT2D eigenvalue weighted by molar-refractivity contribution is -0.161. The number of phosphoric acid groups is 2. The van der Waals surface area contributed by atoms with E-state index < -0.39 is 97.5 Å². The number of phosphoric ester groups is 2. The third kappa shape index (κ3) is 74.1. The van der Waals surface area contributed by atoms with E-state index in [9.17, 15) is 43.2 Å². The lowest BCUT2D eigenvalue weighted by Crippen LogP contribution is -2.30. The van der Waals surface area contributed by atoms with Crippen molar-refractivity contribution in [2.75, 3.05) is 39.6 Å². The Morgan fingerprint density at radius 1 is 0.273 bits per heavy atom. The van der Waals surface area contributed by atoms with Crippen LogP contribution in [0.4, 0.5) is 0 Å². The van der Waals surface area contributed by atoms with Gasteiger partial charge in [0.1, 0.15) is 19.3 Å². The third-order valence-corrected chi connectivity index (χ3v) is 20.7. The highest BCUT2D eigenvalue weighted by Gasteiger charge is 2.30.